The topological polar surface area (TPSA) is 56.5 Å². The molecule has 1 unspecified atom stereocenters. The van der Waals surface area contributed by atoms with Gasteiger partial charge in [0.25, 0.3) is 0 Å². The SMILES string of the molecule is COCCC(NN)c1ccccc1OC(C)C. The van der Waals surface area contributed by atoms with Gasteiger partial charge in [-0.2, -0.15) is 0 Å². The summed E-state index contributed by atoms with van der Waals surface area (Å²) in [5.74, 6) is 6.46. The first-order chi connectivity index (χ1) is 8.19. The summed E-state index contributed by atoms with van der Waals surface area (Å²) in [5.41, 5.74) is 3.88. The van der Waals surface area contributed by atoms with E-state index in [9.17, 15) is 0 Å². The molecule has 96 valence electrons. The lowest BCUT2D eigenvalue weighted by Crippen LogP contribution is -2.29. The number of nitrogens with one attached hydrogen (secondary N) is 1. The van der Waals surface area contributed by atoms with Gasteiger partial charge in [-0.15, -0.1) is 0 Å². The molecule has 0 aromatic heterocycles. The van der Waals surface area contributed by atoms with Crippen LogP contribution in [0.1, 0.15) is 31.9 Å². The van der Waals surface area contributed by atoms with E-state index < -0.39 is 0 Å². The van der Waals surface area contributed by atoms with Gasteiger partial charge in [-0.25, -0.2) is 0 Å². The number of hydrazine groups is 1. The summed E-state index contributed by atoms with van der Waals surface area (Å²) in [4.78, 5) is 0. The molecule has 0 aliphatic carbocycles. The van der Waals surface area contributed by atoms with E-state index >= 15 is 0 Å². The van der Waals surface area contributed by atoms with Crippen LogP contribution in [0.5, 0.6) is 5.75 Å². The molecule has 0 saturated carbocycles. The van der Waals surface area contributed by atoms with Gasteiger partial charge < -0.3 is 9.47 Å². The molecule has 0 aliphatic rings. The lowest BCUT2D eigenvalue weighted by atomic mass is 10.0. The standard InChI is InChI=1S/C13H22N2O2/c1-10(2)17-13-7-5-4-6-11(13)12(15-14)8-9-16-3/h4-7,10,12,15H,8-9,14H2,1-3H3. The van der Waals surface area contributed by atoms with Crippen molar-refractivity contribution in [1.82, 2.24) is 5.43 Å². The summed E-state index contributed by atoms with van der Waals surface area (Å²) in [5, 5.41) is 0. The van der Waals surface area contributed by atoms with Crippen LogP contribution in [0.3, 0.4) is 0 Å². The molecule has 1 aromatic carbocycles. The monoisotopic (exact) mass is 238 g/mol. The van der Waals surface area contributed by atoms with E-state index in [0.29, 0.717) is 6.61 Å². The van der Waals surface area contributed by atoms with Crippen LogP contribution in [0, 0.1) is 0 Å². The zero-order valence-electron chi connectivity index (χ0n) is 10.8. The van der Waals surface area contributed by atoms with Crippen molar-refractivity contribution < 1.29 is 9.47 Å². The van der Waals surface area contributed by atoms with Gasteiger partial charge in [-0.3, -0.25) is 11.3 Å². The molecule has 0 fully saturated rings. The van der Waals surface area contributed by atoms with E-state index in [0.717, 1.165) is 17.7 Å². The van der Waals surface area contributed by atoms with Gasteiger partial charge in [0.15, 0.2) is 0 Å². The summed E-state index contributed by atoms with van der Waals surface area (Å²) < 4.78 is 10.9. The molecule has 4 nitrogen and oxygen atoms in total. The minimum atomic E-state index is 0.0462. The average molecular weight is 238 g/mol. The molecule has 0 spiro atoms. The Morgan fingerprint density at radius 3 is 2.59 bits per heavy atom. The third-order valence-electron chi connectivity index (χ3n) is 2.47. The Bertz CT molecular complexity index is 329. The first-order valence-corrected chi connectivity index (χ1v) is 5.89. The lowest BCUT2D eigenvalue weighted by molar-refractivity contribution is 0.181. The number of methoxy groups -OCH3 is 1. The van der Waals surface area contributed by atoms with Crippen molar-refractivity contribution in [2.24, 2.45) is 5.84 Å². The van der Waals surface area contributed by atoms with Crippen LogP contribution in [0.4, 0.5) is 0 Å². The fourth-order valence-corrected chi connectivity index (χ4v) is 1.69. The first-order valence-electron chi connectivity index (χ1n) is 5.89. The van der Waals surface area contributed by atoms with Crippen LogP contribution in [0.25, 0.3) is 0 Å². The Hall–Kier alpha value is -1.10. The van der Waals surface area contributed by atoms with Crippen LogP contribution in [0.15, 0.2) is 24.3 Å². The van der Waals surface area contributed by atoms with Crippen LogP contribution < -0.4 is 16.0 Å². The van der Waals surface area contributed by atoms with E-state index in [2.05, 4.69) is 5.43 Å². The number of ether oxygens (including phenoxy) is 2. The second-order valence-corrected chi connectivity index (χ2v) is 4.21. The van der Waals surface area contributed by atoms with Crippen molar-refractivity contribution in [2.45, 2.75) is 32.4 Å². The van der Waals surface area contributed by atoms with Crippen LogP contribution in [-0.4, -0.2) is 19.8 Å². The number of hydrogen-bond acceptors (Lipinski definition) is 4. The zero-order valence-corrected chi connectivity index (χ0v) is 10.8. The molecule has 1 aromatic rings. The highest BCUT2D eigenvalue weighted by Crippen LogP contribution is 2.27. The van der Waals surface area contributed by atoms with Gasteiger partial charge in [0.1, 0.15) is 5.75 Å². The number of benzene rings is 1. The van der Waals surface area contributed by atoms with Gasteiger partial charge in [0, 0.05) is 19.3 Å². The fraction of sp³-hybridized carbons (Fsp3) is 0.538. The summed E-state index contributed by atoms with van der Waals surface area (Å²) in [6.45, 7) is 4.68. The van der Waals surface area contributed by atoms with Crippen LogP contribution in [-0.2, 0) is 4.74 Å². The van der Waals surface area contributed by atoms with Gasteiger partial charge in [-0.05, 0) is 26.3 Å². The van der Waals surface area contributed by atoms with Crippen molar-refractivity contribution >= 4 is 0 Å². The zero-order chi connectivity index (χ0) is 12.7. The van der Waals surface area contributed by atoms with Gasteiger partial charge >= 0.3 is 0 Å². The molecule has 0 saturated heterocycles. The molecule has 4 heteroatoms. The molecule has 3 N–H and O–H groups in total. The number of nitrogens with two attached hydrogens (primary N) is 1. The van der Waals surface area contributed by atoms with E-state index in [-0.39, 0.29) is 12.1 Å². The average Bonchev–Trinajstić information content (AvgIpc) is 2.31. The Balaban J connectivity index is 2.85. The maximum atomic E-state index is 5.77. The highest BCUT2D eigenvalue weighted by atomic mass is 16.5. The highest BCUT2D eigenvalue weighted by molar-refractivity contribution is 5.36. The van der Waals surface area contributed by atoms with Crippen molar-refractivity contribution in [3.05, 3.63) is 29.8 Å². The fourth-order valence-electron chi connectivity index (χ4n) is 1.69. The molecule has 0 bridgehead atoms. The van der Waals surface area contributed by atoms with E-state index in [1.54, 1.807) is 7.11 Å². The maximum Gasteiger partial charge on any atom is 0.124 e. The molecule has 1 rings (SSSR count). The van der Waals surface area contributed by atoms with Crippen LogP contribution in [0.2, 0.25) is 0 Å². The van der Waals surface area contributed by atoms with Crippen molar-refractivity contribution in [2.75, 3.05) is 13.7 Å². The molecule has 0 radical (unpaired) electrons. The summed E-state index contributed by atoms with van der Waals surface area (Å²) in [6, 6.07) is 7.99. The molecule has 0 aliphatic heterocycles. The molecule has 0 amide bonds. The summed E-state index contributed by atoms with van der Waals surface area (Å²) >= 11 is 0. The summed E-state index contributed by atoms with van der Waals surface area (Å²) in [7, 11) is 1.68. The third-order valence-corrected chi connectivity index (χ3v) is 2.47. The smallest absolute Gasteiger partial charge is 0.124 e. The maximum absolute atomic E-state index is 5.77. The Labute approximate surface area is 103 Å². The highest BCUT2D eigenvalue weighted by Gasteiger charge is 2.14. The Morgan fingerprint density at radius 2 is 2.00 bits per heavy atom. The van der Waals surface area contributed by atoms with Gasteiger partial charge in [-0.1, -0.05) is 18.2 Å². The molecular weight excluding hydrogens is 216 g/mol. The molecule has 0 heterocycles. The number of rotatable bonds is 7. The Morgan fingerprint density at radius 1 is 1.29 bits per heavy atom. The second kappa shape index (κ2) is 7.27. The van der Waals surface area contributed by atoms with Crippen molar-refractivity contribution in [3.8, 4) is 5.75 Å². The lowest BCUT2D eigenvalue weighted by Gasteiger charge is -2.20. The van der Waals surface area contributed by atoms with Crippen molar-refractivity contribution in [1.29, 1.82) is 0 Å². The number of hydrogen-bond donors (Lipinski definition) is 2. The predicted molar refractivity (Wildman–Crippen MR) is 68.8 cm³/mol. The van der Waals surface area contributed by atoms with Crippen molar-refractivity contribution in [3.63, 3.8) is 0 Å². The molecular formula is C13H22N2O2. The van der Waals surface area contributed by atoms with E-state index in [1.165, 1.54) is 0 Å². The van der Waals surface area contributed by atoms with E-state index in [4.69, 9.17) is 15.3 Å². The quantitative estimate of drug-likeness (QED) is 0.563. The third kappa shape index (κ3) is 4.34. The van der Waals surface area contributed by atoms with Gasteiger partial charge in [0.05, 0.1) is 12.1 Å². The minimum absolute atomic E-state index is 0.0462. The molecule has 1 atom stereocenters. The normalized spacial score (nSPS) is 12.8. The number of para-hydroxylation sites is 1. The summed E-state index contributed by atoms with van der Waals surface area (Å²) in [6.07, 6.45) is 0.961. The predicted octanol–water partition coefficient (Wildman–Crippen LogP) is 2.01. The van der Waals surface area contributed by atoms with E-state index in [1.807, 2.05) is 38.1 Å². The second-order valence-electron chi connectivity index (χ2n) is 4.21. The van der Waals surface area contributed by atoms with Gasteiger partial charge in [0.2, 0.25) is 0 Å². The van der Waals surface area contributed by atoms with Crippen LogP contribution >= 0.6 is 0 Å². The first kappa shape index (κ1) is 14.0. The minimum Gasteiger partial charge on any atom is -0.491 e. The molecule has 17 heavy (non-hydrogen) atoms. The largest absolute Gasteiger partial charge is 0.491 e. The Kier molecular flexibility index (Phi) is 5.97.